The van der Waals surface area contributed by atoms with E-state index in [1.54, 1.807) is 0 Å². The van der Waals surface area contributed by atoms with Gasteiger partial charge in [0.1, 0.15) is 0 Å². The first-order chi connectivity index (χ1) is 2.63. The van der Waals surface area contributed by atoms with Gasteiger partial charge in [0, 0.05) is 4.83 Å². The maximum Gasteiger partial charge on any atom is 0.0202 e. The standard InChI is InChI=1S/C5H9Br/c1-5(2)3-4(5)6/h4H,3H2,1-2H3/t4-/m1/s1. The molecule has 0 radical (unpaired) electrons. The Bertz CT molecular complexity index is 66.3. The van der Waals surface area contributed by atoms with E-state index < -0.39 is 0 Å². The summed E-state index contributed by atoms with van der Waals surface area (Å²) in [6, 6.07) is 0. The van der Waals surface area contributed by atoms with Crippen LogP contribution in [0.2, 0.25) is 0 Å². The molecular formula is C5H9Br. The van der Waals surface area contributed by atoms with Gasteiger partial charge in [0.15, 0.2) is 0 Å². The predicted octanol–water partition coefficient (Wildman–Crippen LogP) is 2.18. The third-order valence-corrected chi connectivity index (χ3v) is 2.96. The molecule has 1 atom stereocenters. The molecule has 1 aliphatic rings. The molecule has 0 aromatic carbocycles. The molecule has 0 unspecified atom stereocenters. The molecule has 0 heterocycles. The molecule has 0 spiro atoms. The monoisotopic (exact) mass is 148 g/mol. The smallest absolute Gasteiger partial charge is 0.0202 e. The Labute approximate surface area is 47.1 Å². The fourth-order valence-corrected chi connectivity index (χ4v) is 1.24. The maximum atomic E-state index is 3.50. The summed E-state index contributed by atoms with van der Waals surface area (Å²) >= 11 is 3.50. The van der Waals surface area contributed by atoms with E-state index in [-0.39, 0.29) is 0 Å². The van der Waals surface area contributed by atoms with Gasteiger partial charge in [0.25, 0.3) is 0 Å². The molecule has 36 valence electrons. The van der Waals surface area contributed by atoms with Gasteiger partial charge in [-0.05, 0) is 11.8 Å². The first-order valence-electron chi connectivity index (χ1n) is 2.27. The Morgan fingerprint density at radius 3 is 1.83 bits per heavy atom. The van der Waals surface area contributed by atoms with Crippen molar-refractivity contribution >= 4 is 15.9 Å². The van der Waals surface area contributed by atoms with Gasteiger partial charge in [-0.25, -0.2) is 0 Å². The molecule has 0 aromatic heterocycles. The average molecular weight is 149 g/mol. The Kier molecular flexibility index (Phi) is 0.773. The molecular weight excluding hydrogens is 140 g/mol. The minimum Gasteiger partial charge on any atom is -0.0885 e. The molecule has 1 fully saturated rings. The van der Waals surface area contributed by atoms with Crippen molar-refractivity contribution in [3.05, 3.63) is 0 Å². The highest BCUT2D eigenvalue weighted by Gasteiger charge is 2.43. The Morgan fingerprint density at radius 1 is 1.67 bits per heavy atom. The first kappa shape index (κ1) is 4.63. The highest BCUT2D eigenvalue weighted by Crippen LogP contribution is 2.50. The van der Waals surface area contributed by atoms with Crippen LogP contribution in [0.1, 0.15) is 20.3 Å². The molecule has 0 aliphatic heterocycles. The van der Waals surface area contributed by atoms with Crippen LogP contribution >= 0.6 is 15.9 Å². The van der Waals surface area contributed by atoms with Gasteiger partial charge in [-0.1, -0.05) is 29.8 Å². The van der Waals surface area contributed by atoms with Crippen molar-refractivity contribution < 1.29 is 0 Å². The van der Waals surface area contributed by atoms with Crippen LogP contribution in [0.15, 0.2) is 0 Å². The predicted molar refractivity (Wildman–Crippen MR) is 31.1 cm³/mol. The zero-order valence-corrected chi connectivity index (χ0v) is 5.75. The highest BCUT2D eigenvalue weighted by atomic mass is 79.9. The summed E-state index contributed by atoms with van der Waals surface area (Å²) in [4.78, 5) is 0.810. The molecule has 1 saturated carbocycles. The van der Waals surface area contributed by atoms with E-state index in [2.05, 4.69) is 29.8 Å². The van der Waals surface area contributed by atoms with Crippen molar-refractivity contribution in [3.63, 3.8) is 0 Å². The molecule has 0 saturated heterocycles. The van der Waals surface area contributed by atoms with Gasteiger partial charge in [0.05, 0.1) is 0 Å². The summed E-state index contributed by atoms with van der Waals surface area (Å²) < 4.78 is 0. The Balaban J connectivity index is 2.41. The van der Waals surface area contributed by atoms with E-state index in [0.717, 1.165) is 4.83 Å². The lowest BCUT2D eigenvalue weighted by Crippen LogP contribution is -1.84. The third kappa shape index (κ3) is 0.604. The van der Waals surface area contributed by atoms with Crippen LogP contribution in [-0.2, 0) is 0 Å². The molecule has 0 aromatic rings. The van der Waals surface area contributed by atoms with Crippen LogP contribution in [0.4, 0.5) is 0 Å². The molecule has 0 nitrogen and oxygen atoms in total. The number of hydrogen-bond donors (Lipinski definition) is 0. The third-order valence-electron chi connectivity index (χ3n) is 1.39. The summed E-state index contributed by atoms with van der Waals surface area (Å²) in [5.41, 5.74) is 0.625. The largest absolute Gasteiger partial charge is 0.0885 e. The van der Waals surface area contributed by atoms with E-state index in [4.69, 9.17) is 0 Å². The lowest BCUT2D eigenvalue weighted by atomic mass is 10.2. The zero-order valence-electron chi connectivity index (χ0n) is 4.16. The van der Waals surface area contributed by atoms with Gasteiger partial charge in [-0.2, -0.15) is 0 Å². The van der Waals surface area contributed by atoms with Gasteiger partial charge < -0.3 is 0 Å². The first-order valence-corrected chi connectivity index (χ1v) is 3.18. The highest BCUT2D eigenvalue weighted by molar-refractivity contribution is 9.09. The van der Waals surface area contributed by atoms with Crippen molar-refractivity contribution in [1.29, 1.82) is 0 Å². The minimum atomic E-state index is 0.625. The van der Waals surface area contributed by atoms with Gasteiger partial charge in [-0.15, -0.1) is 0 Å². The molecule has 0 amide bonds. The second kappa shape index (κ2) is 1.00. The topological polar surface area (TPSA) is 0 Å². The van der Waals surface area contributed by atoms with E-state index in [0.29, 0.717) is 5.41 Å². The Hall–Kier alpha value is 0.480. The molecule has 1 aliphatic carbocycles. The van der Waals surface area contributed by atoms with Gasteiger partial charge in [0.2, 0.25) is 0 Å². The summed E-state index contributed by atoms with van der Waals surface area (Å²) in [7, 11) is 0. The fraction of sp³-hybridized carbons (Fsp3) is 1.00. The van der Waals surface area contributed by atoms with Crippen molar-refractivity contribution in [2.75, 3.05) is 0 Å². The number of rotatable bonds is 0. The van der Waals surface area contributed by atoms with E-state index in [1.165, 1.54) is 6.42 Å². The lowest BCUT2D eigenvalue weighted by molar-refractivity contribution is 0.659. The molecule has 1 heteroatoms. The SMILES string of the molecule is CC1(C)C[C@H]1Br. The van der Waals surface area contributed by atoms with Crippen molar-refractivity contribution in [1.82, 2.24) is 0 Å². The fourth-order valence-electron chi connectivity index (χ4n) is 0.403. The number of hydrogen-bond acceptors (Lipinski definition) is 0. The average Bonchev–Trinajstić information content (AvgIpc) is 1.73. The summed E-state index contributed by atoms with van der Waals surface area (Å²) in [5.74, 6) is 0. The summed E-state index contributed by atoms with van der Waals surface area (Å²) in [6.45, 7) is 4.54. The zero-order chi connectivity index (χ0) is 4.78. The molecule has 6 heavy (non-hydrogen) atoms. The number of halogens is 1. The van der Waals surface area contributed by atoms with Crippen molar-refractivity contribution in [3.8, 4) is 0 Å². The van der Waals surface area contributed by atoms with Crippen LogP contribution in [0.5, 0.6) is 0 Å². The summed E-state index contributed by atoms with van der Waals surface area (Å²) in [6.07, 6.45) is 1.35. The second-order valence-corrected chi connectivity index (χ2v) is 3.77. The lowest BCUT2D eigenvalue weighted by Gasteiger charge is -1.90. The van der Waals surface area contributed by atoms with Crippen LogP contribution in [-0.4, -0.2) is 4.83 Å². The van der Waals surface area contributed by atoms with E-state index >= 15 is 0 Å². The van der Waals surface area contributed by atoms with Crippen molar-refractivity contribution in [2.24, 2.45) is 5.41 Å². The number of alkyl halides is 1. The normalized spacial score (nSPS) is 39.5. The quantitative estimate of drug-likeness (QED) is 0.463. The molecule has 0 bridgehead atoms. The van der Waals surface area contributed by atoms with E-state index in [9.17, 15) is 0 Å². The summed E-state index contributed by atoms with van der Waals surface area (Å²) in [5, 5.41) is 0. The van der Waals surface area contributed by atoms with Crippen LogP contribution < -0.4 is 0 Å². The van der Waals surface area contributed by atoms with Gasteiger partial charge in [-0.3, -0.25) is 0 Å². The van der Waals surface area contributed by atoms with Crippen LogP contribution in [0.3, 0.4) is 0 Å². The van der Waals surface area contributed by atoms with Crippen LogP contribution in [0, 0.1) is 5.41 Å². The maximum absolute atomic E-state index is 3.50. The molecule has 1 rings (SSSR count). The second-order valence-electron chi connectivity index (χ2n) is 2.66. The van der Waals surface area contributed by atoms with Crippen molar-refractivity contribution in [2.45, 2.75) is 25.1 Å². The van der Waals surface area contributed by atoms with Crippen LogP contribution in [0.25, 0.3) is 0 Å². The Morgan fingerprint density at radius 2 is 1.83 bits per heavy atom. The minimum absolute atomic E-state index is 0.625. The molecule has 0 N–H and O–H groups in total. The van der Waals surface area contributed by atoms with E-state index in [1.807, 2.05) is 0 Å². The van der Waals surface area contributed by atoms with Gasteiger partial charge >= 0.3 is 0 Å².